The number of likely N-dealkylation sites (tertiary alicyclic amines) is 1. The minimum atomic E-state index is -1.24. The maximum Gasteiger partial charge on any atom is 0.249 e. The average Bonchev–Trinajstić information content (AvgIpc) is 3.09. The second-order valence-corrected chi connectivity index (χ2v) is 10.2. The number of ether oxygens (including phenoxy) is 1. The van der Waals surface area contributed by atoms with E-state index in [0.29, 0.717) is 32.6 Å². The molecular weight excluding hydrogens is 434 g/mol. The monoisotopic (exact) mass is 473 g/mol. The molecule has 34 heavy (non-hydrogen) atoms. The fourth-order valence-corrected chi connectivity index (χ4v) is 6.39. The van der Waals surface area contributed by atoms with Gasteiger partial charge in [0.1, 0.15) is 11.6 Å². The standard InChI is InChI=1S/C26H39N3O5/c1-5-8-14-28-16-10-12-26-20(23(32)29(18(7-3)17-30)21(26)24(28)33)19-22(31)27(13-6-2)15-9-11-25(19,4)34-26/h9-12,18-21,30H,5-8,13-17H2,1-4H3/t18-,19+,20-,21?,25-,26-/m0/s1. The van der Waals surface area contributed by atoms with E-state index in [0.717, 1.165) is 19.3 Å². The Morgan fingerprint density at radius 3 is 2.26 bits per heavy atom. The van der Waals surface area contributed by atoms with E-state index in [2.05, 4.69) is 6.92 Å². The zero-order chi connectivity index (χ0) is 24.7. The maximum absolute atomic E-state index is 14.1. The number of aliphatic hydroxyl groups is 1. The van der Waals surface area contributed by atoms with Gasteiger partial charge in [0.25, 0.3) is 0 Å². The summed E-state index contributed by atoms with van der Waals surface area (Å²) in [5, 5.41) is 10.1. The van der Waals surface area contributed by atoms with Crippen molar-refractivity contribution in [3.8, 4) is 0 Å². The fourth-order valence-electron chi connectivity index (χ4n) is 6.39. The summed E-state index contributed by atoms with van der Waals surface area (Å²) in [6.07, 6.45) is 10.8. The number of carbonyl (C=O) groups excluding carboxylic acids is 3. The number of unbranched alkanes of at least 4 members (excludes halogenated alkanes) is 1. The summed E-state index contributed by atoms with van der Waals surface area (Å²) in [7, 11) is 0. The van der Waals surface area contributed by atoms with Crippen LogP contribution in [0.25, 0.3) is 0 Å². The van der Waals surface area contributed by atoms with Crippen LogP contribution in [-0.4, -0.2) is 93.6 Å². The summed E-state index contributed by atoms with van der Waals surface area (Å²) in [5.74, 6) is -2.08. The highest BCUT2D eigenvalue weighted by molar-refractivity contribution is 6.00. The van der Waals surface area contributed by atoms with Crippen molar-refractivity contribution in [1.29, 1.82) is 0 Å². The molecule has 4 aliphatic heterocycles. The molecule has 2 saturated heterocycles. The zero-order valence-electron chi connectivity index (χ0n) is 20.9. The number of fused-ring (bicyclic) bond motifs is 2. The molecule has 0 saturated carbocycles. The smallest absolute Gasteiger partial charge is 0.249 e. The SMILES string of the molecule is CCCCN1CC=C[C@]23O[C@@]4(C)C=CCN(CCC)C(=O)[C@H]4[C@H]2C(=O)N([C@@H](CC)CO)C3C1=O. The van der Waals surface area contributed by atoms with Crippen molar-refractivity contribution in [3.05, 3.63) is 24.3 Å². The normalized spacial score (nSPS) is 35.9. The van der Waals surface area contributed by atoms with E-state index in [9.17, 15) is 19.5 Å². The van der Waals surface area contributed by atoms with Crippen molar-refractivity contribution in [2.75, 3.05) is 32.8 Å². The van der Waals surface area contributed by atoms with Crippen molar-refractivity contribution >= 4 is 17.7 Å². The van der Waals surface area contributed by atoms with Gasteiger partial charge in [0.15, 0.2) is 0 Å². The van der Waals surface area contributed by atoms with Gasteiger partial charge in [-0.15, -0.1) is 0 Å². The Morgan fingerprint density at radius 1 is 0.971 bits per heavy atom. The molecule has 0 aliphatic carbocycles. The van der Waals surface area contributed by atoms with Crippen molar-refractivity contribution in [2.45, 2.75) is 76.7 Å². The average molecular weight is 474 g/mol. The molecule has 1 unspecified atom stereocenters. The van der Waals surface area contributed by atoms with Crippen LogP contribution in [0.5, 0.6) is 0 Å². The van der Waals surface area contributed by atoms with Crippen LogP contribution in [-0.2, 0) is 19.1 Å². The summed E-state index contributed by atoms with van der Waals surface area (Å²) in [4.78, 5) is 47.1. The van der Waals surface area contributed by atoms with Crippen molar-refractivity contribution in [1.82, 2.24) is 14.7 Å². The number of nitrogens with zero attached hydrogens (tertiary/aromatic N) is 3. The Kier molecular flexibility index (Phi) is 6.93. The predicted molar refractivity (Wildman–Crippen MR) is 128 cm³/mol. The molecule has 4 heterocycles. The van der Waals surface area contributed by atoms with E-state index in [4.69, 9.17) is 4.74 Å². The lowest BCUT2D eigenvalue weighted by atomic mass is 9.74. The highest BCUT2D eigenvalue weighted by atomic mass is 16.5. The van der Waals surface area contributed by atoms with Gasteiger partial charge in [0.2, 0.25) is 17.7 Å². The molecule has 0 bridgehead atoms. The van der Waals surface area contributed by atoms with Gasteiger partial charge in [-0.3, -0.25) is 14.4 Å². The molecule has 1 spiro atoms. The predicted octanol–water partition coefficient (Wildman–Crippen LogP) is 1.74. The Labute approximate surface area is 202 Å². The van der Waals surface area contributed by atoms with Gasteiger partial charge in [0, 0.05) is 26.2 Å². The van der Waals surface area contributed by atoms with Crippen LogP contribution < -0.4 is 0 Å². The molecule has 0 aromatic heterocycles. The molecule has 3 amide bonds. The van der Waals surface area contributed by atoms with Gasteiger partial charge in [0.05, 0.1) is 30.1 Å². The molecule has 6 atom stereocenters. The molecule has 0 aromatic carbocycles. The molecule has 2 fully saturated rings. The van der Waals surface area contributed by atoms with Crippen LogP contribution in [0.1, 0.15) is 53.4 Å². The number of aliphatic hydroxyl groups excluding tert-OH is 1. The van der Waals surface area contributed by atoms with Gasteiger partial charge in [-0.1, -0.05) is 51.5 Å². The van der Waals surface area contributed by atoms with E-state index < -0.39 is 35.1 Å². The van der Waals surface area contributed by atoms with E-state index in [1.807, 2.05) is 45.1 Å². The van der Waals surface area contributed by atoms with E-state index in [-0.39, 0.29) is 24.3 Å². The minimum Gasteiger partial charge on any atom is -0.394 e. The van der Waals surface area contributed by atoms with E-state index >= 15 is 0 Å². The zero-order valence-corrected chi connectivity index (χ0v) is 20.9. The van der Waals surface area contributed by atoms with Gasteiger partial charge in [-0.05, 0) is 26.2 Å². The third kappa shape index (κ3) is 3.61. The lowest BCUT2D eigenvalue weighted by Gasteiger charge is -2.40. The summed E-state index contributed by atoms with van der Waals surface area (Å²) < 4.78 is 6.78. The van der Waals surface area contributed by atoms with Gasteiger partial charge in [-0.25, -0.2) is 0 Å². The van der Waals surface area contributed by atoms with Crippen LogP contribution in [0.4, 0.5) is 0 Å². The molecule has 0 radical (unpaired) electrons. The number of hydrogen-bond acceptors (Lipinski definition) is 5. The van der Waals surface area contributed by atoms with Crippen LogP contribution in [0.2, 0.25) is 0 Å². The molecule has 8 nitrogen and oxygen atoms in total. The number of rotatable bonds is 8. The van der Waals surface area contributed by atoms with Crippen LogP contribution in [0.3, 0.4) is 0 Å². The second-order valence-electron chi connectivity index (χ2n) is 10.2. The quantitative estimate of drug-likeness (QED) is 0.543. The highest BCUT2D eigenvalue weighted by Gasteiger charge is 2.75. The summed E-state index contributed by atoms with van der Waals surface area (Å²) in [5.41, 5.74) is -2.24. The maximum atomic E-state index is 14.1. The van der Waals surface area contributed by atoms with Crippen molar-refractivity contribution < 1.29 is 24.2 Å². The summed E-state index contributed by atoms with van der Waals surface area (Å²) >= 11 is 0. The minimum absolute atomic E-state index is 0.102. The van der Waals surface area contributed by atoms with Gasteiger partial charge in [-0.2, -0.15) is 0 Å². The molecular formula is C26H39N3O5. The first kappa shape index (κ1) is 24.9. The fraction of sp³-hybridized carbons (Fsp3) is 0.731. The second kappa shape index (κ2) is 9.46. The number of amides is 3. The molecule has 1 N–H and O–H groups in total. The Balaban J connectivity index is 1.85. The van der Waals surface area contributed by atoms with Crippen LogP contribution in [0.15, 0.2) is 24.3 Å². The first-order chi connectivity index (χ1) is 16.3. The number of carbonyl (C=O) groups is 3. The lowest BCUT2D eigenvalue weighted by molar-refractivity contribution is -0.155. The van der Waals surface area contributed by atoms with Crippen LogP contribution >= 0.6 is 0 Å². The molecule has 188 valence electrons. The Hall–Kier alpha value is -2.19. The Bertz CT molecular complexity index is 884. The van der Waals surface area contributed by atoms with E-state index in [1.54, 1.807) is 14.7 Å². The third-order valence-electron chi connectivity index (χ3n) is 8.01. The Morgan fingerprint density at radius 2 is 1.65 bits per heavy atom. The van der Waals surface area contributed by atoms with Crippen molar-refractivity contribution in [2.24, 2.45) is 11.8 Å². The lowest BCUT2D eigenvalue weighted by Crippen LogP contribution is -2.58. The summed E-state index contributed by atoms with van der Waals surface area (Å²) in [6, 6.07) is -1.41. The third-order valence-corrected chi connectivity index (χ3v) is 8.01. The van der Waals surface area contributed by atoms with Crippen molar-refractivity contribution in [3.63, 3.8) is 0 Å². The molecule has 4 aliphatic rings. The van der Waals surface area contributed by atoms with Crippen LogP contribution in [0, 0.1) is 11.8 Å². The highest BCUT2D eigenvalue weighted by Crippen LogP contribution is 2.57. The molecule has 8 heteroatoms. The van der Waals surface area contributed by atoms with Gasteiger partial charge < -0.3 is 24.5 Å². The number of hydrogen-bond donors (Lipinski definition) is 1. The largest absolute Gasteiger partial charge is 0.394 e. The van der Waals surface area contributed by atoms with E-state index in [1.165, 1.54) is 0 Å². The topological polar surface area (TPSA) is 90.4 Å². The summed E-state index contributed by atoms with van der Waals surface area (Å²) in [6.45, 7) is 9.74. The molecule has 4 rings (SSSR count). The molecule has 0 aromatic rings. The first-order valence-electron chi connectivity index (χ1n) is 12.9. The van der Waals surface area contributed by atoms with Gasteiger partial charge >= 0.3 is 0 Å². The first-order valence-corrected chi connectivity index (χ1v) is 12.9.